The summed E-state index contributed by atoms with van der Waals surface area (Å²) in [7, 11) is 0. The second-order valence-electron chi connectivity index (χ2n) is 8.26. The molecular weight excluding hydrogens is 284 g/mol. The van der Waals surface area contributed by atoms with Crippen LogP contribution in [-0.2, 0) is 6.42 Å². The molecule has 1 aromatic carbocycles. The summed E-state index contributed by atoms with van der Waals surface area (Å²) in [4.78, 5) is 0. The molecule has 23 heavy (non-hydrogen) atoms. The first-order valence-corrected chi connectivity index (χ1v) is 9.57. The molecule has 0 heterocycles. The summed E-state index contributed by atoms with van der Waals surface area (Å²) in [6.45, 7) is 5.31. The Morgan fingerprint density at radius 1 is 1.22 bits per heavy atom. The van der Waals surface area contributed by atoms with Crippen LogP contribution in [-0.4, -0.2) is 17.8 Å². The maximum absolute atomic E-state index is 10.5. The van der Waals surface area contributed by atoms with Crippen LogP contribution in [0.4, 0.5) is 0 Å². The second-order valence-corrected chi connectivity index (χ2v) is 8.26. The van der Waals surface area contributed by atoms with Crippen molar-refractivity contribution in [2.45, 2.75) is 70.8 Å². The fourth-order valence-corrected chi connectivity index (χ4v) is 5.84. The van der Waals surface area contributed by atoms with Crippen molar-refractivity contribution in [3.63, 3.8) is 0 Å². The van der Waals surface area contributed by atoms with Gasteiger partial charge in [0.2, 0.25) is 0 Å². The number of aryl methyl sites for hydroxylation is 1. The lowest BCUT2D eigenvalue weighted by molar-refractivity contribution is -0.0226. The van der Waals surface area contributed by atoms with Gasteiger partial charge in [-0.05, 0) is 91.4 Å². The van der Waals surface area contributed by atoms with Crippen LogP contribution in [0.1, 0.15) is 69.4 Å². The van der Waals surface area contributed by atoms with E-state index in [1.807, 2.05) is 0 Å². The fourth-order valence-electron chi connectivity index (χ4n) is 5.84. The molecule has 2 fully saturated rings. The highest BCUT2D eigenvalue weighted by atomic mass is 16.5. The molecule has 3 aliphatic rings. The van der Waals surface area contributed by atoms with Crippen LogP contribution in [0.25, 0.3) is 0 Å². The van der Waals surface area contributed by atoms with E-state index in [4.69, 9.17) is 4.74 Å². The van der Waals surface area contributed by atoms with Crippen LogP contribution < -0.4 is 4.74 Å². The molecule has 0 bridgehead atoms. The first kappa shape index (κ1) is 15.5. The molecule has 0 unspecified atom stereocenters. The van der Waals surface area contributed by atoms with Crippen molar-refractivity contribution < 1.29 is 9.84 Å². The van der Waals surface area contributed by atoms with E-state index in [1.54, 1.807) is 5.56 Å². The van der Waals surface area contributed by atoms with Gasteiger partial charge in [0.25, 0.3) is 0 Å². The van der Waals surface area contributed by atoms with Gasteiger partial charge in [-0.1, -0.05) is 19.9 Å². The van der Waals surface area contributed by atoms with Crippen LogP contribution in [0, 0.1) is 17.3 Å². The topological polar surface area (TPSA) is 29.5 Å². The van der Waals surface area contributed by atoms with E-state index in [9.17, 15) is 5.11 Å². The Bertz CT molecular complexity index is 581. The molecule has 4 rings (SSSR count). The van der Waals surface area contributed by atoms with Gasteiger partial charge in [-0.3, -0.25) is 0 Å². The molecule has 2 saturated carbocycles. The van der Waals surface area contributed by atoms with Crippen molar-refractivity contribution in [3.05, 3.63) is 29.3 Å². The molecule has 0 spiro atoms. The molecule has 0 aromatic heterocycles. The van der Waals surface area contributed by atoms with E-state index in [-0.39, 0.29) is 11.5 Å². The van der Waals surface area contributed by atoms with Crippen LogP contribution in [0.3, 0.4) is 0 Å². The lowest BCUT2D eigenvalue weighted by Crippen LogP contribution is -2.43. The Morgan fingerprint density at radius 2 is 2.09 bits per heavy atom. The molecule has 0 amide bonds. The van der Waals surface area contributed by atoms with Crippen molar-refractivity contribution in [2.24, 2.45) is 17.3 Å². The molecule has 3 aliphatic carbocycles. The van der Waals surface area contributed by atoms with E-state index in [2.05, 4.69) is 32.0 Å². The molecule has 1 aromatic rings. The average molecular weight is 314 g/mol. The molecule has 1 N–H and O–H groups in total. The largest absolute Gasteiger partial charge is 0.494 e. The van der Waals surface area contributed by atoms with Gasteiger partial charge in [-0.15, -0.1) is 0 Å². The van der Waals surface area contributed by atoms with Gasteiger partial charge in [0.05, 0.1) is 12.7 Å². The average Bonchev–Trinajstić information content (AvgIpc) is 2.88. The molecule has 126 valence electrons. The maximum Gasteiger partial charge on any atom is 0.119 e. The van der Waals surface area contributed by atoms with Crippen LogP contribution >= 0.6 is 0 Å². The van der Waals surface area contributed by atoms with Crippen molar-refractivity contribution in [3.8, 4) is 5.75 Å². The van der Waals surface area contributed by atoms with Gasteiger partial charge in [0.15, 0.2) is 0 Å². The Labute approximate surface area is 140 Å². The number of ether oxygens (including phenoxy) is 1. The number of aliphatic hydroxyl groups excluding tert-OH is 1. The van der Waals surface area contributed by atoms with Crippen molar-refractivity contribution >= 4 is 0 Å². The Kier molecular flexibility index (Phi) is 3.91. The number of rotatable bonds is 3. The summed E-state index contributed by atoms with van der Waals surface area (Å²) in [6.07, 6.45) is 8.14. The minimum absolute atomic E-state index is 0.0698. The van der Waals surface area contributed by atoms with Gasteiger partial charge >= 0.3 is 0 Å². The van der Waals surface area contributed by atoms with E-state index in [0.717, 1.165) is 37.0 Å². The highest BCUT2D eigenvalue weighted by Gasteiger charge is 2.54. The molecule has 2 nitrogen and oxygen atoms in total. The maximum atomic E-state index is 10.5. The minimum atomic E-state index is -0.0698. The number of hydrogen-bond donors (Lipinski definition) is 1. The number of benzene rings is 1. The van der Waals surface area contributed by atoms with Gasteiger partial charge in [-0.2, -0.15) is 0 Å². The summed E-state index contributed by atoms with van der Waals surface area (Å²) in [5.41, 5.74) is 3.28. The second kappa shape index (κ2) is 5.81. The normalized spacial score (nSPS) is 38.6. The predicted molar refractivity (Wildman–Crippen MR) is 92.9 cm³/mol. The Balaban J connectivity index is 1.60. The molecule has 5 atom stereocenters. The van der Waals surface area contributed by atoms with E-state index in [1.165, 1.54) is 37.7 Å². The van der Waals surface area contributed by atoms with Crippen LogP contribution in [0.5, 0.6) is 5.75 Å². The Morgan fingerprint density at radius 3 is 2.91 bits per heavy atom. The lowest BCUT2D eigenvalue weighted by atomic mass is 9.55. The zero-order valence-corrected chi connectivity index (χ0v) is 14.6. The highest BCUT2D eigenvalue weighted by Crippen LogP contribution is 2.60. The first-order chi connectivity index (χ1) is 11.1. The van der Waals surface area contributed by atoms with E-state index in [0.29, 0.717) is 5.92 Å². The van der Waals surface area contributed by atoms with Gasteiger partial charge in [0.1, 0.15) is 5.75 Å². The standard InChI is InChI=1S/C21H30O2/c1-3-12-23-15-5-7-16-14(13-15)4-6-18-17(16)10-11-21(2)19(18)8-9-20(21)22/h5,7,13,17-20,22H,3-4,6,8-12H2,1-2H3/t17-,18-,19+,20+,21+/m1/s1. The molecular formula is C21H30O2. The Hall–Kier alpha value is -1.02. The SMILES string of the molecule is CCCOc1ccc2c(c1)CC[C@@H]1[C@@H]2CC[C@]2(C)[C@@H](O)CC[C@@H]12. The van der Waals surface area contributed by atoms with Gasteiger partial charge in [0, 0.05) is 0 Å². The summed E-state index contributed by atoms with van der Waals surface area (Å²) >= 11 is 0. The van der Waals surface area contributed by atoms with E-state index < -0.39 is 0 Å². The third kappa shape index (κ3) is 2.41. The minimum Gasteiger partial charge on any atom is -0.494 e. The van der Waals surface area contributed by atoms with E-state index >= 15 is 0 Å². The molecule has 0 aliphatic heterocycles. The van der Waals surface area contributed by atoms with Gasteiger partial charge < -0.3 is 9.84 Å². The van der Waals surface area contributed by atoms with Crippen molar-refractivity contribution in [1.29, 1.82) is 0 Å². The number of hydrogen-bond acceptors (Lipinski definition) is 2. The van der Waals surface area contributed by atoms with Gasteiger partial charge in [-0.25, -0.2) is 0 Å². The summed E-state index contributed by atoms with van der Waals surface area (Å²) in [5.74, 6) is 3.25. The molecule has 2 heteroatoms. The molecule has 0 radical (unpaired) electrons. The first-order valence-electron chi connectivity index (χ1n) is 9.57. The third-order valence-corrected chi connectivity index (χ3v) is 7.12. The summed E-state index contributed by atoms with van der Waals surface area (Å²) in [5, 5.41) is 10.5. The highest BCUT2D eigenvalue weighted by molar-refractivity contribution is 5.40. The van der Waals surface area contributed by atoms with Crippen LogP contribution in [0.2, 0.25) is 0 Å². The number of fused-ring (bicyclic) bond motifs is 5. The zero-order chi connectivity index (χ0) is 16.0. The smallest absolute Gasteiger partial charge is 0.119 e. The van der Waals surface area contributed by atoms with Crippen molar-refractivity contribution in [2.75, 3.05) is 6.61 Å². The quantitative estimate of drug-likeness (QED) is 0.877. The molecule has 0 saturated heterocycles. The predicted octanol–water partition coefficient (Wildman–Crippen LogP) is 4.69. The summed E-state index contributed by atoms with van der Waals surface area (Å²) in [6, 6.07) is 6.80. The number of aliphatic hydroxyl groups is 1. The fraction of sp³-hybridized carbons (Fsp3) is 0.714. The van der Waals surface area contributed by atoms with Crippen LogP contribution in [0.15, 0.2) is 18.2 Å². The summed E-state index contributed by atoms with van der Waals surface area (Å²) < 4.78 is 5.82. The monoisotopic (exact) mass is 314 g/mol. The lowest BCUT2D eigenvalue weighted by Gasteiger charge is -2.50. The van der Waals surface area contributed by atoms with Crippen molar-refractivity contribution in [1.82, 2.24) is 0 Å². The third-order valence-electron chi connectivity index (χ3n) is 7.12. The zero-order valence-electron chi connectivity index (χ0n) is 14.6.